The molecule has 1 saturated heterocycles. The molecule has 0 bridgehead atoms. The fourth-order valence-electron chi connectivity index (χ4n) is 2.80. The number of terminal acetylenes is 1. The number of nitrogens with zero attached hydrogens (tertiary/aromatic N) is 1. The van der Waals surface area contributed by atoms with Crippen molar-refractivity contribution in [1.82, 2.24) is 10.2 Å². The minimum Gasteiger partial charge on any atom is -0.497 e. The Morgan fingerprint density at radius 3 is 2.54 bits per heavy atom. The molecule has 1 aliphatic rings. The van der Waals surface area contributed by atoms with Crippen LogP contribution in [0.1, 0.15) is 19.8 Å². The molecule has 0 saturated carbocycles. The molecule has 24 heavy (non-hydrogen) atoms. The van der Waals surface area contributed by atoms with Gasteiger partial charge >= 0.3 is 0 Å². The van der Waals surface area contributed by atoms with Gasteiger partial charge in [0.25, 0.3) is 0 Å². The molecule has 1 heterocycles. The van der Waals surface area contributed by atoms with E-state index in [-0.39, 0.29) is 17.9 Å². The summed E-state index contributed by atoms with van der Waals surface area (Å²) in [5, 5.41) is 2.99. The minimum atomic E-state index is -0.0936. The lowest BCUT2D eigenvalue weighted by molar-refractivity contribution is -0.126. The highest BCUT2D eigenvalue weighted by atomic mass is 16.5. The quantitative estimate of drug-likeness (QED) is 0.776. The number of rotatable bonds is 7. The maximum Gasteiger partial charge on any atom is 0.223 e. The van der Waals surface area contributed by atoms with Gasteiger partial charge in [0.1, 0.15) is 17.6 Å². The van der Waals surface area contributed by atoms with Crippen molar-refractivity contribution >= 4 is 5.91 Å². The van der Waals surface area contributed by atoms with E-state index in [1.165, 1.54) is 0 Å². The molecule has 1 N–H and O–H groups in total. The van der Waals surface area contributed by atoms with Crippen LogP contribution in [0.3, 0.4) is 0 Å². The molecule has 130 valence electrons. The lowest BCUT2D eigenvalue weighted by Gasteiger charge is -2.30. The van der Waals surface area contributed by atoms with E-state index in [4.69, 9.17) is 15.9 Å². The maximum atomic E-state index is 12.3. The Kier molecular flexibility index (Phi) is 6.95. The standard InChI is InChI=1S/C19H26N2O3/c1-4-11-21-12-9-16(10-13-21)19(22)20-14-15(2)24-18-7-5-17(23-3)6-8-18/h1,5-8,15-16H,9-14H2,2-3H3,(H,20,22)/t15-/m1/s1. The number of hydrogen-bond donors (Lipinski definition) is 1. The van der Waals surface area contributed by atoms with Gasteiger partial charge < -0.3 is 14.8 Å². The zero-order valence-electron chi connectivity index (χ0n) is 14.5. The average Bonchev–Trinajstić information content (AvgIpc) is 2.61. The molecule has 0 aromatic heterocycles. The molecule has 1 fully saturated rings. The first-order valence-corrected chi connectivity index (χ1v) is 8.36. The van der Waals surface area contributed by atoms with Gasteiger partial charge in [-0.1, -0.05) is 5.92 Å². The third kappa shape index (κ3) is 5.47. The van der Waals surface area contributed by atoms with Crippen molar-refractivity contribution in [1.29, 1.82) is 0 Å². The minimum absolute atomic E-state index is 0.0761. The molecule has 1 atom stereocenters. The Labute approximate surface area is 144 Å². The highest BCUT2D eigenvalue weighted by molar-refractivity contribution is 5.78. The summed E-state index contributed by atoms with van der Waals surface area (Å²) in [7, 11) is 1.63. The summed E-state index contributed by atoms with van der Waals surface area (Å²) in [5.41, 5.74) is 0. The van der Waals surface area contributed by atoms with Gasteiger partial charge in [-0.2, -0.15) is 0 Å². The Morgan fingerprint density at radius 1 is 1.33 bits per heavy atom. The predicted molar refractivity (Wildman–Crippen MR) is 94.1 cm³/mol. The van der Waals surface area contributed by atoms with Gasteiger partial charge in [0, 0.05) is 5.92 Å². The average molecular weight is 330 g/mol. The third-order valence-electron chi connectivity index (χ3n) is 4.23. The number of methoxy groups -OCH3 is 1. The van der Waals surface area contributed by atoms with E-state index in [0.717, 1.165) is 37.4 Å². The highest BCUT2D eigenvalue weighted by Crippen LogP contribution is 2.19. The Balaban J connectivity index is 1.70. The van der Waals surface area contributed by atoms with Crippen LogP contribution in [0.4, 0.5) is 0 Å². The van der Waals surface area contributed by atoms with Crippen molar-refractivity contribution in [2.45, 2.75) is 25.9 Å². The molecule has 0 aliphatic carbocycles. The number of benzene rings is 1. The summed E-state index contributed by atoms with van der Waals surface area (Å²) in [5.74, 6) is 4.40. The van der Waals surface area contributed by atoms with Crippen LogP contribution < -0.4 is 14.8 Å². The smallest absolute Gasteiger partial charge is 0.223 e. The van der Waals surface area contributed by atoms with Crippen molar-refractivity contribution in [2.24, 2.45) is 5.92 Å². The number of nitrogens with one attached hydrogen (secondary N) is 1. The largest absolute Gasteiger partial charge is 0.497 e. The van der Waals surface area contributed by atoms with Crippen LogP contribution in [-0.2, 0) is 4.79 Å². The van der Waals surface area contributed by atoms with Gasteiger partial charge in [0.05, 0.1) is 20.2 Å². The van der Waals surface area contributed by atoms with Gasteiger partial charge in [-0.25, -0.2) is 0 Å². The summed E-state index contributed by atoms with van der Waals surface area (Å²) < 4.78 is 10.9. The SMILES string of the molecule is C#CCN1CCC(C(=O)NC[C@@H](C)Oc2ccc(OC)cc2)CC1. The van der Waals surface area contributed by atoms with Gasteiger partial charge in [0.15, 0.2) is 0 Å². The van der Waals surface area contributed by atoms with Crippen LogP contribution >= 0.6 is 0 Å². The zero-order valence-corrected chi connectivity index (χ0v) is 14.5. The van der Waals surface area contributed by atoms with Crippen molar-refractivity contribution in [3.63, 3.8) is 0 Å². The Hall–Kier alpha value is -2.19. The lowest BCUT2D eigenvalue weighted by atomic mass is 9.96. The molecule has 1 aromatic rings. The molecule has 1 aromatic carbocycles. The number of ether oxygens (including phenoxy) is 2. The lowest BCUT2D eigenvalue weighted by Crippen LogP contribution is -2.42. The van der Waals surface area contributed by atoms with E-state index in [0.29, 0.717) is 13.1 Å². The van der Waals surface area contributed by atoms with Gasteiger partial charge in [0.2, 0.25) is 5.91 Å². The first kappa shape index (κ1) is 18.2. The molecule has 0 spiro atoms. The predicted octanol–water partition coefficient (Wildman–Crippen LogP) is 1.92. The summed E-state index contributed by atoms with van der Waals surface area (Å²) in [6.07, 6.45) is 6.95. The van der Waals surface area contributed by atoms with Crippen LogP contribution in [0.15, 0.2) is 24.3 Å². The fourth-order valence-corrected chi connectivity index (χ4v) is 2.80. The summed E-state index contributed by atoms with van der Waals surface area (Å²) >= 11 is 0. The number of likely N-dealkylation sites (tertiary alicyclic amines) is 1. The van der Waals surface area contributed by atoms with Crippen LogP contribution in [0, 0.1) is 18.3 Å². The molecule has 1 aliphatic heterocycles. The normalized spacial score (nSPS) is 16.9. The van der Waals surface area contributed by atoms with Crippen LogP contribution in [0.5, 0.6) is 11.5 Å². The molecule has 2 rings (SSSR count). The van der Waals surface area contributed by atoms with E-state index in [1.54, 1.807) is 7.11 Å². The molecular formula is C19H26N2O3. The van der Waals surface area contributed by atoms with Crippen molar-refractivity contribution < 1.29 is 14.3 Å². The molecular weight excluding hydrogens is 304 g/mol. The topological polar surface area (TPSA) is 50.8 Å². The highest BCUT2D eigenvalue weighted by Gasteiger charge is 2.24. The first-order valence-electron chi connectivity index (χ1n) is 8.36. The molecule has 1 amide bonds. The van der Waals surface area contributed by atoms with E-state index in [9.17, 15) is 4.79 Å². The fraction of sp³-hybridized carbons (Fsp3) is 0.526. The van der Waals surface area contributed by atoms with E-state index in [1.807, 2.05) is 31.2 Å². The van der Waals surface area contributed by atoms with Gasteiger partial charge in [-0.05, 0) is 57.1 Å². The number of carbonyl (C=O) groups is 1. The first-order chi connectivity index (χ1) is 11.6. The van der Waals surface area contributed by atoms with Gasteiger partial charge in [-0.15, -0.1) is 6.42 Å². The zero-order chi connectivity index (χ0) is 17.4. The summed E-state index contributed by atoms with van der Waals surface area (Å²) in [6, 6.07) is 7.42. The van der Waals surface area contributed by atoms with Crippen molar-refractivity contribution in [2.75, 3.05) is 33.3 Å². The second-order valence-electron chi connectivity index (χ2n) is 6.10. The third-order valence-corrected chi connectivity index (χ3v) is 4.23. The number of piperidine rings is 1. The molecule has 0 unspecified atom stereocenters. The van der Waals surface area contributed by atoms with Crippen LogP contribution in [0.25, 0.3) is 0 Å². The Morgan fingerprint density at radius 2 is 1.96 bits per heavy atom. The molecule has 0 radical (unpaired) electrons. The van der Waals surface area contributed by atoms with Crippen LogP contribution in [-0.4, -0.2) is 50.2 Å². The number of amides is 1. The monoisotopic (exact) mass is 330 g/mol. The van der Waals surface area contributed by atoms with Crippen molar-refractivity contribution in [3.8, 4) is 23.8 Å². The molecule has 5 heteroatoms. The number of hydrogen-bond acceptors (Lipinski definition) is 4. The maximum absolute atomic E-state index is 12.3. The molecule has 5 nitrogen and oxygen atoms in total. The van der Waals surface area contributed by atoms with Crippen molar-refractivity contribution in [3.05, 3.63) is 24.3 Å². The van der Waals surface area contributed by atoms with Gasteiger partial charge in [-0.3, -0.25) is 9.69 Å². The van der Waals surface area contributed by atoms with E-state index < -0.39 is 0 Å². The Bertz CT molecular complexity index is 557. The number of carbonyl (C=O) groups excluding carboxylic acids is 1. The summed E-state index contributed by atoms with van der Waals surface area (Å²) in [6.45, 7) is 4.89. The van der Waals surface area contributed by atoms with Crippen LogP contribution in [0.2, 0.25) is 0 Å². The second kappa shape index (κ2) is 9.19. The van der Waals surface area contributed by atoms with E-state index in [2.05, 4.69) is 16.1 Å². The second-order valence-corrected chi connectivity index (χ2v) is 6.10. The summed E-state index contributed by atoms with van der Waals surface area (Å²) in [4.78, 5) is 14.5. The van der Waals surface area contributed by atoms with E-state index >= 15 is 0 Å².